The molecular formula is C14H10BrFN2O. The predicted octanol–water partition coefficient (Wildman–Crippen LogP) is 3.62. The van der Waals surface area contributed by atoms with Crippen LogP contribution in [0.4, 0.5) is 10.1 Å². The first kappa shape index (κ1) is 13.4. The van der Waals surface area contributed by atoms with Crippen molar-refractivity contribution in [3.05, 3.63) is 57.8 Å². The molecule has 0 aliphatic carbocycles. The highest BCUT2D eigenvalue weighted by Gasteiger charge is 2.07. The lowest BCUT2D eigenvalue weighted by Crippen LogP contribution is -2.00. The molecule has 0 unspecified atom stereocenters. The van der Waals surface area contributed by atoms with Gasteiger partial charge in [-0.25, -0.2) is 4.39 Å². The average Bonchev–Trinajstić information content (AvgIpc) is 2.39. The number of halogens is 2. The van der Waals surface area contributed by atoms with E-state index < -0.39 is 0 Å². The smallest absolute Gasteiger partial charge is 0.137 e. The standard InChI is InChI=1S/C14H10BrFN2O/c15-11-2-1-9(13(16)6-11)8-19-14-4-3-12(18)5-10(14)7-17/h1-6H,8,18H2. The Morgan fingerprint density at radius 1 is 1.26 bits per heavy atom. The molecule has 0 heterocycles. The third-order valence-corrected chi connectivity index (χ3v) is 3.02. The molecule has 2 rings (SSSR count). The Hall–Kier alpha value is -2.06. The fraction of sp³-hybridized carbons (Fsp3) is 0.0714. The molecule has 0 aromatic heterocycles. The van der Waals surface area contributed by atoms with Crippen LogP contribution in [0.2, 0.25) is 0 Å². The highest BCUT2D eigenvalue weighted by atomic mass is 79.9. The van der Waals surface area contributed by atoms with Gasteiger partial charge in [0.05, 0.1) is 5.56 Å². The van der Waals surface area contributed by atoms with Crippen LogP contribution in [0.25, 0.3) is 0 Å². The summed E-state index contributed by atoms with van der Waals surface area (Å²) in [6.45, 7) is 0.0533. The number of anilines is 1. The normalized spacial score (nSPS) is 9.95. The molecule has 2 aromatic carbocycles. The van der Waals surface area contributed by atoms with E-state index in [4.69, 9.17) is 15.7 Å². The number of nitrogens with two attached hydrogens (primary N) is 1. The summed E-state index contributed by atoms with van der Waals surface area (Å²) < 4.78 is 19.7. The van der Waals surface area contributed by atoms with E-state index in [9.17, 15) is 4.39 Å². The van der Waals surface area contributed by atoms with Crippen LogP contribution < -0.4 is 10.5 Å². The van der Waals surface area contributed by atoms with Gasteiger partial charge in [-0.05, 0) is 30.3 Å². The predicted molar refractivity (Wildman–Crippen MR) is 74.0 cm³/mol. The number of nitrogens with zero attached hydrogens (tertiary/aromatic N) is 1. The Labute approximate surface area is 118 Å². The Morgan fingerprint density at radius 3 is 2.74 bits per heavy atom. The number of rotatable bonds is 3. The molecule has 0 bridgehead atoms. The van der Waals surface area contributed by atoms with E-state index in [1.807, 2.05) is 6.07 Å². The van der Waals surface area contributed by atoms with Gasteiger partial charge in [0.15, 0.2) is 0 Å². The van der Waals surface area contributed by atoms with E-state index in [-0.39, 0.29) is 12.4 Å². The average molecular weight is 321 g/mol. The van der Waals surface area contributed by atoms with Crippen molar-refractivity contribution in [3.63, 3.8) is 0 Å². The molecule has 0 radical (unpaired) electrons. The molecule has 0 aliphatic heterocycles. The highest BCUT2D eigenvalue weighted by Crippen LogP contribution is 2.23. The molecule has 0 aliphatic rings. The Balaban J connectivity index is 2.17. The van der Waals surface area contributed by atoms with E-state index >= 15 is 0 Å². The minimum Gasteiger partial charge on any atom is -0.487 e. The van der Waals surface area contributed by atoms with E-state index in [1.165, 1.54) is 12.1 Å². The van der Waals surface area contributed by atoms with Crippen LogP contribution >= 0.6 is 15.9 Å². The van der Waals surface area contributed by atoms with E-state index in [2.05, 4.69) is 15.9 Å². The van der Waals surface area contributed by atoms with Gasteiger partial charge in [0.1, 0.15) is 24.2 Å². The SMILES string of the molecule is N#Cc1cc(N)ccc1OCc1ccc(Br)cc1F. The summed E-state index contributed by atoms with van der Waals surface area (Å²) in [5, 5.41) is 8.97. The molecular weight excluding hydrogens is 311 g/mol. The highest BCUT2D eigenvalue weighted by molar-refractivity contribution is 9.10. The van der Waals surface area contributed by atoms with Gasteiger partial charge < -0.3 is 10.5 Å². The van der Waals surface area contributed by atoms with Crippen LogP contribution in [0.5, 0.6) is 5.75 Å². The molecule has 0 fully saturated rings. The van der Waals surface area contributed by atoms with Crippen molar-refractivity contribution >= 4 is 21.6 Å². The van der Waals surface area contributed by atoms with Gasteiger partial charge in [-0.1, -0.05) is 22.0 Å². The molecule has 0 saturated carbocycles. The second kappa shape index (κ2) is 5.72. The quantitative estimate of drug-likeness (QED) is 0.879. The van der Waals surface area contributed by atoms with Gasteiger partial charge in [0.2, 0.25) is 0 Å². The first-order chi connectivity index (χ1) is 9.10. The van der Waals surface area contributed by atoms with Crippen LogP contribution in [0.15, 0.2) is 40.9 Å². The van der Waals surface area contributed by atoms with Gasteiger partial charge in [-0.3, -0.25) is 0 Å². The van der Waals surface area contributed by atoms with Crippen molar-refractivity contribution in [2.45, 2.75) is 6.61 Å². The third-order valence-electron chi connectivity index (χ3n) is 2.52. The first-order valence-electron chi connectivity index (χ1n) is 5.46. The van der Waals surface area contributed by atoms with Gasteiger partial charge in [0, 0.05) is 15.7 Å². The lowest BCUT2D eigenvalue weighted by atomic mass is 10.2. The van der Waals surface area contributed by atoms with Gasteiger partial charge >= 0.3 is 0 Å². The zero-order valence-corrected chi connectivity index (χ0v) is 11.4. The molecule has 0 spiro atoms. The third kappa shape index (κ3) is 3.24. The lowest BCUT2D eigenvalue weighted by Gasteiger charge is -2.09. The minimum absolute atomic E-state index is 0.0533. The fourth-order valence-electron chi connectivity index (χ4n) is 1.56. The second-order valence-electron chi connectivity index (χ2n) is 3.89. The van der Waals surface area contributed by atoms with Crippen molar-refractivity contribution in [2.24, 2.45) is 0 Å². The number of nitriles is 1. The molecule has 5 heteroatoms. The van der Waals surface area contributed by atoms with Gasteiger partial charge in [-0.15, -0.1) is 0 Å². The zero-order chi connectivity index (χ0) is 13.8. The molecule has 96 valence electrons. The Morgan fingerprint density at radius 2 is 2.05 bits per heavy atom. The molecule has 0 saturated heterocycles. The van der Waals surface area contributed by atoms with Crippen molar-refractivity contribution in [2.75, 3.05) is 5.73 Å². The van der Waals surface area contributed by atoms with Crippen LogP contribution in [0.1, 0.15) is 11.1 Å². The van der Waals surface area contributed by atoms with Crippen molar-refractivity contribution in [1.29, 1.82) is 5.26 Å². The maximum atomic E-state index is 13.6. The topological polar surface area (TPSA) is 59.0 Å². The van der Waals surface area contributed by atoms with Crippen LogP contribution in [0.3, 0.4) is 0 Å². The summed E-state index contributed by atoms with van der Waals surface area (Å²) in [6.07, 6.45) is 0. The number of benzene rings is 2. The van der Waals surface area contributed by atoms with Gasteiger partial charge in [-0.2, -0.15) is 5.26 Å². The van der Waals surface area contributed by atoms with E-state index in [0.29, 0.717) is 27.0 Å². The van der Waals surface area contributed by atoms with Crippen molar-refractivity contribution < 1.29 is 9.13 Å². The number of hydrogen-bond donors (Lipinski definition) is 1. The lowest BCUT2D eigenvalue weighted by molar-refractivity contribution is 0.299. The minimum atomic E-state index is -0.358. The Bertz CT molecular complexity index is 652. The van der Waals surface area contributed by atoms with Gasteiger partial charge in [0.25, 0.3) is 0 Å². The van der Waals surface area contributed by atoms with E-state index in [0.717, 1.165) is 0 Å². The summed E-state index contributed by atoms with van der Waals surface area (Å²) in [7, 11) is 0. The van der Waals surface area contributed by atoms with Crippen LogP contribution in [-0.2, 0) is 6.61 Å². The summed E-state index contributed by atoms with van der Waals surface area (Å²) in [5.41, 5.74) is 6.82. The molecule has 0 amide bonds. The summed E-state index contributed by atoms with van der Waals surface area (Å²) in [4.78, 5) is 0. The molecule has 2 N–H and O–H groups in total. The fourth-order valence-corrected chi connectivity index (χ4v) is 1.89. The number of hydrogen-bond acceptors (Lipinski definition) is 3. The number of ether oxygens (including phenoxy) is 1. The first-order valence-corrected chi connectivity index (χ1v) is 6.26. The summed E-state index contributed by atoms with van der Waals surface area (Å²) in [6, 6.07) is 11.5. The van der Waals surface area contributed by atoms with Crippen LogP contribution in [-0.4, -0.2) is 0 Å². The Kier molecular flexibility index (Phi) is 4.03. The van der Waals surface area contributed by atoms with Crippen molar-refractivity contribution in [1.82, 2.24) is 0 Å². The molecule has 3 nitrogen and oxygen atoms in total. The van der Waals surface area contributed by atoms with E-state index in [1.54, 1.807) is 24.3 Å². The second-order valence-corrected chi connectivity index (χ2v) is 4.81. The molecule has 19 heavy (non-hydrogen) atoms. The zero-order valence-electron chi connectivity index (χ0n) is 9.86. The van der Waals surface area contributed by atoms with Crippen molar-refractivity contribution in [3.8, 4) is 11.8 Å². The summed E-state index contributed by atoms with van der Waals surface area (Å²) in [5.74, 6) is 0.0300. The number of nitrogen functional groups attached to an aromatic ring is 1. The maximum absolute atomic E-state index is 13.6. The van der Waals surface area contributed by atoms with Crippen LogP contribution in [0, 0.1) is 17.1 Å². The largest absolute Gasteiger partial charge is 0.487 e. The maximum Gasteiger partial charge on any atom is 0.137 e. The molecule has 0 atom stereocenters. The monoisotopic (exact) mass is 320 g/mol. The summed E-state index contributed by atoms with van der Waals surface area (Å²) >= 11 is 3.19. The molecule has 2 aromatic rings.